The van der Waals surface area contributed by atoms with Crippen LogP contribution < -0.4 is 5.32 Å². The van der Waals surface area contributed by atoms with Crippen molar-refractivity contribution in [3.05, 3.63) is 47.3 Å². The first-order valence-electron chi connectivity index (χ1n) is 8.73. The number of carbonyl (C=O) groups is 1. The maximum Gasteiger partial charge on any atom is 0.272 e. The van der Waals surface area contributed by atoms with Crippen LogP contribution in [0.2, 0.25) is 0 Å². The molecule has 1 N–H and O–H groups in total. The van der Waals surface area contributed by atoms with Crippen LogP contribution in [0.5, 0.6) is 0 Å². The molecule has 0 bridgehead atoms. The Hall–Kier alpha value is -2.98. The molecule has 0 spiro atoms. The lowest BCUT2D eigenvalue weighted by molar-refractivity contribution is 0.0637. The third-order valence-electron chi connectivity index (χ3n) is 4.45. The van der Waals surface area contributed by atoms with Gasteiger partial charge < -0.3 is 15.1 Å². The summed E-state index contributed by atoms with van der Waals surface area (Å²) in [6.07, 6.45) is 0. The van der Waals surface area contributed by atoms with E-state index in [1.54, 1.807) is 30.3 Å². The Kier molecular flexibility index (Phi) is 5.44. The Balaban J connectivity index is 1.74. The van der Waals surface area contributed by atoms with Crippen molar-refractivity contribution in [3.63, 3.8) is 0 Å². The van der Waals surface area contributed by atoms with E-state index in [-0.39, 0.29) is 5.91 Å². The van der Waals surface area contributed by atoms with Gasteiger partial charge in [0.1, 0.15) is 5.69 Å². The van der Waals surface area contributed by atoms with Crippen LogP contribution in [0.1, 0.15) is 28.7 Å². The van der Waals surface area contributed by atoms with Gasteiger partial charge in [0, 0.05) is 37.6 Å². The highest BCUT2D eigenvalue weighted by Gasteiger charge is 2.23. The number of nitrogens with zero attached hydrogens (tertiary/aromatic N) is 5. The van der Waals surface area contributed by atoms with Gasteiger partial charge in [-0.1, -0.05) is 6.92 Å². The van der Waals surface area contributed by atoms with Crippen LogP contribution in [0.4, 0.5) is 11.6 Å². The lowest BCUT2D eigenvalue weighted by Gasteiger charge is -2.33. The standard InChI is InChI=1S/C19H22N6O/c1-3-24-8-10-25(11-9-24)18(26)17-12-14(2)21-19(23-17)22-16-6-4-15(13-20)5-7-16/h4-7,12H,3,8-11H2,1-2H3,(H,21,22,23). The van der Waals surface area contributed by atoms with Gasteiger partial charge in [-0.3, -0.25) is 4.79 Å². The van der Waals surface area contributed by atoms with E-state index in [2.05, 4.69) is 33.2 Å². The van der Waals surface area contributed by atoms with Gasteiger partial charge in [-0.05, 0) is 43.8 Å². The average molecular weight is 350 g/mol. The molecule has 1 saturated heterocycles. The number of piperazine rings is 1. The summed E-state index contributed by atoms with van der Waals surface area (Å²) in [5, 5.41) is 12.0. The fourth-order valence-corrected chi connectivity index (χ4v) is 2.92. The van der Waals surface area contributed by atoms with Crippen molar-refractivity contribution in [1.82, 2.24) is 19.8 Å². The number of nitrogens with one attached hydrogen (secondary N) is 1. The zero-order chi connectivity index (χ0) is 18.5. The van der Waals surface area contributed by atoms with Crippen molar-refractivity contribution in [2.24, 2.45) is 0 Å². The molecule has 7 heteroatoms. The van der Waals surface area contributed by atoms with Gasteiger partial charge in [0.15, 0.2) is 0 Å². The molecule has 1 amide bonds. The Bertz CT molecular complexity index is 819. The first-order valence-corrected chi connectivity index (χ1v) is 8.73. The van der Waals surface area contributed by atoms with Gasteiger partial charge in [0.05, 0.1) is 11.6 Å². The van der Waals surface area contributed by atoms with Gasteiger partial charge in [-0.15, -0.1) is 0 Å². The van der Waals surface area contributed by atoms with E-state index in [4.69, 9.17) is 5.26 Å². The van der Waals surface area contributed by atoms with Gasteiger partial charge >= 0.3 is 0 Å². The number of hydrogen-bond acceptors (Lipinski definition) is 6. The molecule has 1 aliphatic rings. The molecule has 3 rings (SSSR count). The molecule has 1 fully saturated rings. The molecule has 1 aliphatic heterocycles. The summed E-state index contributed by atoms with van der Waals surface area (Å²) in [7, 11) is 0. The fraction of sp³-hybridized carbons (Fsp3) is 0.368. The number of hydrogen-bond donors (Lipinski definition) is 1. The maximum atomic E-state index is 12.8. The topological polar surface area (TPSA) is 85.1 Å². The molecule has 2 heterocycles. The van der Waals surface area contributed by atoms with Gasteiger partial charge in [0.25, 0.3) is 5.91 Å². The van der Waals surface area contributed by atoms with Crippen LogP contribution in [-0.4, -0.2) is 58.4 Å². The van der Waals surface area contributed by atoms with Crippen molar-refractivity contribution in [2.75, 3.05) is 38.0 Å². The van der Waals surface area contributed by atoms with Gasteiger partial charge in [0.2, 0.25) is 5.95 Å². The zero-order valence-corrected chi connectivity index (χ0v) is 15.1. The SMILES string of the molecule is CCN1CCN(C(=O)c2cc(C)nc(Nc3ccc(C#N)cc3)n2)CC1. The van der Waals surface area contributed by atoms with Crippen LogP contribution in [0.25, 0.3) is 0 Å². The van der Waals surface area contributed by atoms with E-state index < -0.39 is 0 Å². The van der Waals surface area contributed by atoms with E-state index in [1.165, 1.54) is 0 Å². The van der Waals surface area contributed by atoms with Gasteiger partial charge in [-0.25, -0.2) is 9.97 Å². The highest BCUT2D eigenvalue weighted by Crippen LogP contribution is 2.16. The van der Waals surface area contributed by atoms with E-state index in [9.17, 15) is 4.79 Å². The number of anilines is 2. The monoisotopic (exact) mass is 350 g/mol. The quantitative estimate of drug-likeness (QED) is 0.910. The molecule has 2 aromatic rings. The molecule has 0 radical (unpaired) electrons. The smallest absolute Gasteiger partial charge is 0.272 e. The summed E-state index contributed by atoms with van der Waals surface area (Å²) < 4.78 is 0. The van der Waals surface area contributed by atoms with Crippen molar-refractivity contribution in [1.29, 1.82) is 5.26 Å². The second-order valence-electron chi connectivity index (χ2n) is 6.26. The molecule has 1 aromatic heterocycles. The number of aromatic nitrogens is 2. The number of nitriles is 1. The first-order chi connectivity index (χ1) is 12.6. The van der Waals surface area contributed by atoms with E-state index in [0.29, 0.717) is 30.3 Å². The largest absolute Gasteiger partial charge is 0.335 e. The van der Waals surface area contributed by atoms with E-state index >= 15 is 0 Å². The second kappa shape index (κ2) is 7.93. The van der Waals surface area contributed by atoms with Crippen molar-refractivity contribution in [2.45, 2.75) is 13.8 Å². The molecule has 134 valence electrons. The van der Waals surface area contributed by atoms with Crippen LogP contribution in [0.15, 0.2) is 30.3 Å². The molecule has 0 atom stereocenters. The zero-order valence-electron chi connectivity index (χ0n) is 15.1. The first kappa shape index (κ1) is 17.8. The molecule has 0 saturated carbocycles. The van der Waals surface area contributed by atoms with E-state index in [0.717, 1.165) is 31.0 Å². The van der Waals surface area contributed by atoms with Crippen molar-refractivity contribution < 1.29 is 4.79 Å². The number of likely N-dealkylation sites (N-methyl/N-ethyl adjacent to an activating group) is 1. The third kappa shape index (κ3) is 4.16. The molecule has 7 nitrogen and oxygen atoms in total. The summed E-state index contributed by atoms with van der Waals surface area (Å²) in [5.74, 6) is 0.319. The summed E-state index contributed by atoms with van der Waals surface area (Å²) in [4.78, 5) is 25.7. The summed E-state index contributed by atoms with van der Waals surface area (Å²) in [6, 6.07) is 10.8. The minimum Gasteiger partial charge on any atom is -0.335 e. The minimum absolute atomic E-state index is 0.0610. The average Bonchev–Trinajstić information content (AvgIpc) is 2.67. The molecular formula is C19H22N6O. The number of carbonyl (C=O) groups excluding carboxylic acids is 1. The number of rotatable bonds is 4. The molecule has 0 unspecified atom stereocenters. The molecule has 26 heavy (non-hydrogen) atoms. The predicted octanol–water partition coefficient (Wildman–Crippen LogP) is 2.18. The molecule has 1 aromatic carbocycles. The number of benzene rings is 1. The Morgan fingerprint density at radius 2 is 1.88 bits per heavy atom. The molecule has 0 aliphatic carbocycles. The minimum atomic E-state index is -0.0610. The van der Waals surface area contributed by atoms with Crippen molar-refractivity contribution >= 4 is 17.5 Å². The maximum absolute atomic E-state index is 12.8. The summed E-state index contributed by atoms with van der Waals surface area (Å²) >= 11 is 0. The summed E-state index contributed by atoms with van der Waals surface area (Å²) in [5.41, 5.74) is 2.48. The Morgan fingerprint density at radius 3 is 2.50 bits per heavy atom. The second-order valence-corrected chi connectivity index (χ2v) is 6.26. The summed E-state index contributed by atoms with van der Waals surface area (Å²) in [6.45, 7) is 8.20. The molecular weight excluding hydrogens is 328 g/mol. The highest BCUT2D eigenvalue weighted by molar-refractivity contribution is 5.92. The van der Waals surface area contributed by atoms with Crippen LogP contribution in [0, 0.1) is 18.3 Å². The number of aryl methyl sites for hydroxylation is 1. The normalized spacial score (nSPS) is 14.7. The predicted molar refractivity (Wildman–Crippen MR) is 99.2 cm³/mol. The lowest BCUT2D eigenvalue weighted by atomic mass is 10.2. The highest BCUT2D eigenvalue weighted by atomic mass is 16.2. The Labute approximate surface area is 153 Å². The van der Waals surface area contributed by atoms with Crippen LogP contribution >= 0.6 is 0 Å². The third-order valence-corrected chi connectivity index (χ3v) is 4.45. The van der Waals surface area contributed by atoms with Crippen LogP contribution in [0.3, 0.4) is 0 Å². The fourth-order valence-electron chi connectivity index (χ4n) is 2.92. The lowest BCUT2D eigenvalue weighted by Crippen LogP contribution is -2.48. The van der Waals surface area contributed by atoms with Crippen molar-refractivity contribution in [3.8, 4) is 6.07 Å². The van der Waals surface area contributed by atoms with E-state index in [1.807, 2.05) is 11.8 Å². The van der Waals surface area contributed by atoms with Crippen LogP contribution in [-0.2, 0) is 0 Å². The number of amides is 1. The Morgan fingerprint density at radius 1 is 1.19 bits per heavy atom. The van der Waals surface area contributed by atoms with Gasteiger partial charge in [-0.2, -0.15) is 5.26 Å².